The van der Waals surface area contributed by atoms with E-state index in [1.807, 2.05) is 19.9 Å². The summed E-state index contributed by atoms with van der Waals surface area (Å²) in [5.74, 6) is 0.972. The van der Waals surface area contributed by atoms with Gasteiger partial charge in [0.2, 0.25) is 0 Å². The zero-order chi connectivity index (χ0) is 10.6. The summed E-state index contributed by atoms with van der Waals surface area (Å²) in [6.07, 6.45) is 3.61. The summed E-state index contributed by atoms with van der Waals surface area (Å²) in [7, 11) is 0. The van der Waals surface area contributed by atoms with Gasteiger partial charge in [-0.25, -0.2) is 0 Å². The third kappa shape index (κ3) is 1.10. The van der Waals surface area contributed by atoms with Gasteiger partial charge >= 0.3 is 0 Å². The van der Waals surface area contributed by atoms with Crippen LogP contribution in [0.2, 0.25) is 0 Å². The Kier molecular flexibility index (Phi) is 1.72. The highest BCUT2D eigenvalue weighted by molar-refractivity contribution is 5.36. The molecule has 1 aromatic heterocycles. The first kappa shape index (κ1) is 9.28. The van der Waals surface area contributed by atoms with Crippen LogP contribution in [-0.4, -0.2) is 15.3 Å². The average molecular weight is 204 g/mol. The second-order valence-electron chi connectivity index (χ2n) is 4.95. The Bertz CT molecular complexity index is 406. The minimum absolute atomic E-state index is 0.486. The first-order valence-electron chi connectivity index (χ1n) is 5.68. The molecule has 15 heavy (non-hydrogen) atoms. The highest BCUT2D eigenvalue weighted by atomic mass is 16.3. The van der Waals surface area contributed by atoms with Crippen molar-refractivity contribution in [2.24, 2.45) is 11.8 Å². The number of rotatable bonds is 1. The summed E-state index contributed by atoms with van der Waals surface area (Å²) in [5.41, 5.74) is 2.24. The lowest BCUT2D eigenvalue weighted by molar-refractivity contribution is 0.104. The fraction of sp³-hybridized carbons (Fsp3) is 0.667. The number of aryl methyl sites for hydroxylation is 2. The molecule has 1 heterocycles. The molecular formula is C12H16N2O. The van der Waals surface area contributed by atoms with Gasteiger partial charge in [-0.15, -0.1) is 0 Å². The van der Waals surface area contributed by atoms with Gasteiger partial charge < -0.3 is 5.11 Å². The highest BCUT2D eigenvalue weighted by Gasteiger charge is 2.66. The van der Waals surface area contributed by atoms with Crippen molar-refractivity contribution in [1.82, 2.24) is 10.2 Å². The van der Waals surface area contributed by atoms with E-state index in [1.165, 1.54) is 19.3 Å². The summed E-state index contributed by atoms with van der Waals surface area (Å²) >= 11 is 0. The van der Waals surface area contributed by atoms with E-state index in [0.717, 1.165) is 17.0 Å². The lowest BCUT2D eigenvalue weighted by Crippen LogP contribution is -2.16. The molecule has 0 aliphatic heterocycles. The Hall–Kier alpha value is -0.960. The molecule has 0 radical (unpaired) electrons. The van der Waals surface area contributed by atoms with Crippen molar-refractivity contribution in [2.75, 3.05) is 0 Å². The molecule has 1 N–H and O–H groups in total. The molecule has 0 bridgehead atoms. The van der Waals surface area contributed by atoms with Crippen molar-refractivity contribution >= 4 is 0 Å². The molecule has 2 saturated carbocycles. The summed E-state index contributed by atoms with van der Waals surface area (Å²) in [5, 5.41) is 18.7. The zero-order valence-corrected chi connectivity index (χ0v) is 9.20. The predicted molar refractivity (Wildman–Crippen MR) is 56.2 cm³/mol. The molecule has 0 saturated heterocycles. The van der Waals surface area contributed by atoms with Crippen LogP contribution in [0, 0.1) is 25.7 Å². The van der Waals surface area contributed by atoms with Gasteiger partial charge in [0.15, 0.2) is 0 Å². The van der Waals surface area contributed by atoms with Crippen molar-refractivity contribution in [2.45, 2.75) is 38.7 Å². The molecule has 0 aromatic carbocycles. The van der Waals surface area contributed by atoms with Gasteiger partial charge in [0.25, 0.3) is 0 Å². The largest absolute Gasteiger partial charge is 0.384 e. The minimum atomic E-state index is -0.566. The van der Waals surface area contributed by atoms with Crippen LogP contribution in [0.15, 0.2) is 6.07 Å². The lowest BCUT2D eigenvalue weighted by atomic mass is 9.98. The maximum atomic E-state index is 10.6. The van der Waals surface area contributed by atoms with E-state index in [9.17, 15) is 5.11 Å². The molecule has 2 aliphatic carbocycles. The highest BCUT2D eigenvalue weighted by Crippen LogP contribution is 2.66. The normalized spacial score (nSPS) is 37.8. The van der Waals surface area contributed by atoms with Crippen molar-refractivity contribution in [3.63, 3.8) is 0 Å². The zero-order valence-electron chi connectivity index (χ0n) is 9.20. The van der Waals surface area contributed by atoms with E-state index in [1.54, 1.807) is 0 Å². The van der Waals surface area contributed by atoms with E-state index in [0.29, 0.717) is 11.8 Å². The van der Waals surface area contributed by atoms with Crippen LogP contribution < -0.4 is 0 Å². The van der Waals surface area contributed by atoms with Crippen LogP contribution in [0.3, 0.4) is 0 Å². The first-order chi connectivity index (χ1) is 7.14. The molecule has 1 aromatic rings. The molecule has 2 unspecified atom stereocenters. The Labute approximate surface area is 89.5 Å². The van der Waals surface area contributed by atoms with E-state index in [4.69, 9.17) is 0 Å². The average Bonchev–Trinajstić information content (AvgIpc) is 2.67. The topological polar surface area (TPSA) is 46.0 Å². The van der Waals surface area contributed by atoms with Crippen molar-refractivity contribution in [1.29, 1.82) is 0 Å². The van der Waals surface area contributed by atoms with Gasteiger partial charge in [-0.2, -0.15) is 10.2 Å². The number of hydrogen-bond acceptors (Lipinski definition) is 3. The summed E-state index contributed by atoms with van der Waals surface area (Å²) in [6, 6.07) is 2.00. The standard InChI is InChI=1S/C12H16N2O/c1-7-6-11(8(2)14-13-7)12(15)9-4-3-5-10(9)12/h6,9-10,15H,3-5H2,1-2H3. The third-order valence-corrected chi connectivity index (χ3v) is 4.07. The van der Waals surface area contributed by atoms with Gasteiger partial charge in [0, 0.05) is 5.56 Å². The van der Waals surface area contributed by atoms with Gasteiger partial charge in [-0.1, -0.05) is 6.42 Å². The Balaban J connectivity index is 2.03. The SMILES string of the molecule is Cc1cc(C2(O)C3CCCC32)c(C)nn1. The van der Waals surface area contributed by atoms with E-state index >= 15 is 0 Å². The Morgan fingerprint density at radius 1 is 1.27 bits per heavy atom. The van der Waals surface area contributed by atoms with Crippen molar-refractivity contribution in [3.8, 4) is 0 Å². The van der Waals surface area contributed by atoms with E-state index in [2.05, 4.69) is 10.2 Å². The fourth-order valence-electron chi connectivity index (χ4n) is 3.28. The number of aromatic nitrogens is 2. The fourth-order valence-corrected chi connectivity index (χ4v) is 3.28. The first-order valence-corrected chi connectivity index (χ1v) is 5.68. The summed E-state index contributed by atoms with van der Waals surface area (Å²) in [6.45, 7) is 3.87. The molecule has 2 atom stereocenters. The minimum Gasteiger partial charge on any atom is -0.384 e. The monoisotopic (exact) mass is 204 g/mol. The maximum absolute atomic E-state index is 10.6. The van der Waals surface area contributed by atoms with E-state index in [-0.39, 0.29) is 0 Å². The van der Waals surface area contributed by atoms with Gasteiger partial charge in [0.1, 0.15) is 0 Å². The lowest BCUT2D eigenvalue weighted by Gasteiger charge is -2.16. The van der Waals surface area contributed by atoms with Crippen molar-refractivity contribution in [3.05, 3.63) is 23.0 Å². The van der Waals surface area contributed by atoms with Crippen LogP contribution in [0.1, 0.15) is 36.2 Å². The summed E-state index contributed by atoms with van der Waals surface area (Å²) < 4.78 is 0. The van der Waals surface area contributed by atoms with Crippen LogP contribution >= 0.6 is 0 Å². The Morgan fingerprint density at radius 2 is 1.93 bits per heavy atom. The van der Waals surface area contributed by atoms with Crippen LogP contribution in [0.25, 0.3) is 0 Å². The molecule has 3 nitrogen and oxygen atoms in total. The van der Waals surface area contributed by atoms with Crippen LogP contribution in [-0.2, 0) is 5.60 Å². The van der Waals surface area contributed by atoms with Crippen molar-refractivity contribution < 1.29 is 5.11 Å². The molecule has 0 amide bonds. The molecule has 80 valence electrons. The third-order valence-electron chi connectivity index (χ3n) is 4.07. The predicted octanol–water partition coefficient (Wildman–Crippen LogP) is 1.71. The second-order valence-corrected chi connectivity index (χ2v) is 4.95. The number of hydrogen-bond donors (Lipinski definition) is 1. The van der Waals surface area contributed by atoms with Crippen LogP contribution in [0.4, 0.5) is 0 Å². The molecule has 3 heteroatoms. The number of fused-ring (bicyclic) bond motifs is 1. The molecular weight excluding hydrogens is 188 g/mol. The number of aliphatic hydroxyl groups is 1. The Morgan fingerprint density at radius 3 is 2.60 bits per heavy atom. The number of nitrogens with zero attached hydrogens (tertiary/aromatic N) is 2. The molecule has 2 aliphatic rings. The van der Waals surface area contributed by atoms with E-state index < -0.39 is 5.60 Å². The smallest absolute Gasteiger partial charge is 0.0978 e. The second kappa shape index (κ2) is 2.79. The van der Waals surface area contributed by atoms with Gasteiger partial charge in [-0.3, -0.25) is 0 Å². The maximum Gasteiger partial charge on any atom is 0.0978 e. The van der Waals surface area contributed by atoms with Gasteiger partial charge in [0.05, 0.1) is 17.0 Å². The molecule has 2 fully saturated rings. The molecule has 0 spiro atoms. The van der Waals surface area contributed by atoms with Gasteiger partial charge in [-0.05, 0) is 44.6 Å². The summed E-state index contributed by atoms with van der Waals surface area (Å²) in [4.78, 5) is 0. The van der Waals surface area contributed by atoms with Crippen LogP contribution in [0.5, 0.6) is 0 Å². The quantitative estimate of drug-likeness (QED) is 0.757. The molecule has 3 rings (SSSR count).